The molecule has 0 heterocycles. The molecule has 4 nitrogen and oxygen atoms in total. The molecule has 0 aliphatic heterocycles. The highest BCUT2D eigenvalue weighted by molar-refractivity contribution is 5.83. The van der Waals surface area contributed by atoms with Crippen LogP contribution in [-0.2, 0) is 9.59 Å². The number of hydrogen-bond acceptors (Lipinski definition) is 3. The van der Waals surface area contributed by atoms with Gasteiger partial charge in [-0.3, -0.25) is 4.79 Å². The van der Waals surface area contributed by atoms with E-state index in [1.807, 2.05) is 48.6 Å². The molecule has 1 amide bonds. The highest BCUT2D eigenvalue weighted by atomic mass is 16.2. The molecular weight excluding hydrogens is 228 g/mol. The Kier molecular flexibility index (Phi) is 42.8. The first-order valence-corrected chi connectivity index (χ1v) is 7.07. The number of likely N-dealkylation sites (N-methyl/N-ethyl adjacent to an activating group) is 1. The van der Waals surface area contributed by atoms with Gasteiger partial charge >= 0.3 is 0 Å². The summed E-state index contributed by atoms with van der Waals surface area (Å²) in [5.74, 6) is -0.000725. The molecule has 0 spiro atoms. The van der Waals surface area contributed by atoms with Crippen molar-refractivity contribution in [3.8, 4) is 0 Å². The molecule has 4 heteroatoms. The number of amides is 1. The number of carbonyl (C=O) groups excluding carboxylic acids is 2. The SMILES string of the molecule is CC.CC.CC.CNCCNC(=O)CCC(C)=O. The second kappa shape index (κ2) is 29.8. The third-order valence-corrected chi connectivity index (χ3v) is 1.40. The maximum atomic E-state index is 10.9. The quantitative estimate of drug-likeness (QED) is 0.724. The van der Waals surface area contributed by atoms with Gasteiger partial charge in [-0.15, -0.1) is 0 Å². The zero-order valence-electron chi connectivity index (χ0n) is 13.6. The van der Waals surface area contributed by atoms with Crippen LogP contribution in [0.2, 0.25) is 0 Å². The molecule has 18 heavy (non-hydrogen) atoms. The van der Waals surface area contributed by atoms with Gasteiger partial charge in [-0.1, -0.05) is 41.5 Å². The Labute approximate surface area is 114 Å². The molecule has 0 aromatic rings. The molecule has 0 saturated carbocycles. The maximum absolute atomic E-state index is 10.9. The van der Waals surface area contributed by atoms with Crippen molar-refractivity contribution in [2.45, 2.75) is 61.3 Å². The van der Waals surface area contributed by atoms with Crippen molar-refractivity contribution >= 4 is 11.7 Å². The van der Waals surface area contributed by atoms with E-state index in [4.69, 9.17) is 0 Å². The summed E-state index contributed by atoms with van der Waals surface area (Å²) in [5.41, 5.74) is 0. The van der Waals surface area contributed by atoms with Crippen LogP contribution in [0.3, 0.4) is 0 Å². The molecule has 0 fully saturated rings. The van der Waals surface area contributed by atoms with Gasteiger partial charge < -0.3 is 15.4 Å². The lowest BCUT2D eigenvalue weighted by atomic mass is 10.2. The molecule has 0 aromatic heterocycles. The minimum absolute atomic E-state index is 0.0544. The van der Waals surface area contributed by atoms with Crippen LogP contribution in [-0.4, -0.2) is 31.8 Å². The van der Waals surface area contributed by atoms with E-state index in [0.717, 1.165) is 6.54 Å². The third-order valence-electron chi connectivity index (χ3n) is 1.40. The van der Waals surface area contributed by atoms with E-state index in [9.17, 15) is 9.59 Å². The molecule has 0 aliphatic rings. The molecule has 2 N–H and O–H groups in total. The molecule has 0 saturated heterocycles. The molecule has 0 radical (unpaired) electrons. The van der Waals surface area contributed by atoms with E-state index in [2.05, 4.69) is 10.6 Å². The van der Waals surface area contributed by atoms with Crippen LogP contribution in [0, 0.1) is 0 Å². The second-order valence-corrected chi connectivity index (χ2v) is 2.66. The molecule has 0 aromatic carbocycles. The summed E-state index contributed by atoms with van der Waals surface area (Å²) in [6.07, 6.45) is 0.643. The molecule has 0 atom stereocenters. The summed E-state index contributed by atoms with van der Waals surface area (Å²) < 4.78 is 0. The van der Waals surface area contributed by atoms with Crippen molar-refractivity contribution in [3.05, 3.63) is 0 Å². The molecular formula is C14H34N2O2. The Morgan fingerprint density at radius 3 is 1.61 bits per heavy atom. The predicted molar refractivity (Wildman–Crippen MR) is 80.9 cm³/mol. The van der Waals surface area contributed by atoms with Gasteiger partial charge in [0.15, 0.2) is 0 Å². The number of carbonyl (C=O) groups is 2. The first kappa shape index (κ1) is 25.8. The van der Waals surface area contributed by atoms with E-state index in [-0.39, 0.29) is 11.7 Å². The molecule has 0 bridgehead atoms. The van der Waals surface area contributed by atoms with E-state index < -0.39 is 0 Å². The maximum Gasteiger partial charge on any atom is 0.220 e. The van der Waals surface area contributed by atoms with Crippen LogP contribution in [0.15, 0.2) is 0 Å². The summed E-state index contributed by atoms with van der Waals surface area (Å²) in [6, 6.07) is 0. The topological polar surface area (TPSA) is 58.2 Å². The predicted octanol–water partition coefficient (Wildman–Crippen LogP) is 2.77. The van der Waals surface area contributed by atoms with E-state index in [0.29, 0.717) is 19.4 Å². The number of rotatable bonds is 6. The summed E-state index contributed by atoms with van der Waals surface area (Å²) in [4.78, 5) is 21.4. The minimum Gasteiger partial charge on any atom is -0.355 e. The average molecular weight is 262 g/mol. The standard InChI is InChI=1S/C8H16N2O2.3C2H6/c1-7(11)3-4-8(12)10-6-5-9-2;3*1-2/h9H,3-6H2,1-2H3,(H,10,12);3*1-2H3. The van der Waals surface area contributed by atoms with Crippen LogP contribution < -0.4 is 10.6 Å². The fourth-order valence-corrected chi connectivity index (χ4v) is 0.705. The zero-order valence-corrected chi connectivity index (χ0v) is 13.6. The Balaban J connectivity index is -0.000000141. The van der Waals surface area contributed by atoms with Gasteiger partial charge in [0.05, 0.1) is 0 Å². The number of nitrogens with one attached hydrogen (secondary N) is 2. The zero-order chi connectivity index (χ0) is 15.4. The molecule has 0 rings (SSSR count). The van der Waals surface area contributed by atoms with Crippen LogP contribution >= 0.6 is 0 Å². The number of hydrogen-bond donors (Lipinski definition) is 2. The highest BCUT2D eigenvalue weighted by Crippen LogP contribution is 1.88. The normalized spacial score (nSPS) is 7.33. The van der Waals surface area contributed by atoms with Crippen molar-refractivity contribution in [3.63, 3.8) is 0 Å². The fraction of sp³-hybridized carbons (Fsp3) is 0.857. The molecule has 0 aliphatic carbocycles. The van der Waals surface area contributed by atoms with Crippen LogP contribution in [0.4, 0.5) is 0 Å². The van der Waals surface area contributed by atoms with Gasteiger partial charge in [0.2, 0.25) is 5.91 Å². The smallest absolute Gasteiger partial charge is 0.220 e. The van der Waals surface area contributed by atoms with Gasteiger partial charge in [0.25, 0.3) is 0 Å². The fourth-order valence-electron chi connectivity index (χ4n) is 0.705. The molecule has 0 unspecified atom stereocenters. The minimum atomic E-state index is -0.0551. The van der Waals surface area contributed by atoms with Gasteiger partial charge in [0, 0.05) is 25.9 Å². The Hall–Kier alpha value is -0.900. The Morgan fingerprint density at radius 1 is 0.833 bits per heavy atom. The number of Topliss-reactive ketones (excluding diaryl/α,β-unsaturated/α-hetero) is 1. The summed E-state index contributed by atoms with van der Waals surface area (Å²) >= 11 is 0. The van der Waals surface area contributed by atoms with Gasteiger partial charge in [0.1, 0.15) is 5.78 Å². The van der Waals surface area contributed by atoms with Gasteiger partial charge in [-0.25, -0.2) is 0 Å². The molecule has 112 valence electrons. The summed E-state index contributed by atoms with van der Waals surface area (Å²) in [6.45, 7) is 14.9. The Bertz CT molecular complexity index is 160. The van der Waals surface area contributed by atoms with Crippen molar-refractivity contribution in [1.29, 1.82) is 0 Å². The van der Waals surface area contributed by atoms with Crippen molar-refractivity contribution < 1.29 is 9.59 Å². The van der Waals surface area contributed by atoms with Crippen LogP contribution in [0.1, 0.15) is 61.3 Å². The lowest BCUT2D eigenvalue weighted by molar-refractivity contribution is -0.124. The summed E-state index contributed by atoms with van der Waals surface area (Å²) in [5, 5.41) is 5.59. The van der Waals surface area contributed by atoms with E-state index in [1.165, 1.54) is 6.92 Å². The van der Waals surface area contributed by atoms with Crippen molar-refractivity contribution in [2.75, 3.05) is 20.1 Å². The average Bonchev–Trinajstić information content (AvgIpc) is 2.43. The number of ketones is 1. The Morgan fingerprint density at radius 2 is 1.28 bits per heavy atom. The van der Waals surface area contributed by atoms with Crippen molar-refractivity contribution in [2.24, 2.45) is 0 Å². The monoisotopic (exact) mass is 262 g/mol. The second-order valence-electron chi connectivity index (χ2n) is 2.66. The van der Waals surface area contributed by atoms with E-state index in [1.54, 1.807) is 0 Å². The summed E-state index contributed by atoms with van der Waals surface area (Å²) in [7, 11) is 1.82. The van der Waals surface area contributed by atoms with Crippen LogP contribution in [0.5, 0.6) is 0 Å². The third kappa shape index (κ3) is 36.3. The first-order chi connectivity index (χ1) is 8.66. The van der Waals surface area contributed by atoms with Crippen molar-refractivity contribution in [1.82, 2.24) is 10.6 Å². The van der Waals surface area contributed by atoms with Gasteiger partial charge in [-0.2, -0.15) is 0 Å². The van der Waals surface area contributed by atoms with Crippen LogP contribution in [0.25, 0.3) is 0 Å². The van der Waals surface area contributed by atoms with E-state index >= 15 is 0 Å². The largest absolute Gasteiger partial charge is 0.355 e. The first-order valence-electron chi connectivity index (χ1n) is 7.07. The van der Waals surface area contributed by atoms with Gasteiger partial charge in [-0.05, 0) is 14.0 Å². The lowest BCUT2D eigenvalue weighted by Crippen LogP contribution is -2.30. The highest BCUT2D eigenvalue weighted by Gasteiger charge is 2.01. The lowest BCUT2D eigenvalue weighted by Gasteiger charge is -2.02.